The van der Waals surface area contributed by atoms with Crippen LogP contribution in [-0.4, -0.2) is 60.0 Å². The van der Waals surface area contributed by atoms with Gasteiger partial charge in [0.1, 0.15) is 5.60 Å². The maximum atomic E-state index is 12.8. The summed E-state index contributed by atoms with van der Waals surface area (Å²) in [7, 11) is -0.517. The molecule has 0 radical (unpaired) electrons. The lowest BCUT2D eigenvalue weighted by Crippen LogP contribution is -2.41. The van der Waals surface area contributed by atoms with E-state index in [4.69, 9.17) is 14.0 Å². The van der Waals surface area contributed by atoms with Gasteiger partial charge in [0, 0.05) is 24.7 Å². The first-order valence-corrected chi connectivity index (χ1v) is 10.5. The minimum absolute atomic E-state index is 0.106. The molecule has 2 fully saturated rings. The molecular weight excluding hydrogens is 383 g/mol. The smallest absolute Gasteiger partial charge is 0.444 e. The van der Waals surface area contributed by atoms with Crippen LogP contribution in [0.3, 0.4) is 0 Å². The van der Waals surface area contributed by atoms with Crippen LogP contribution in [0.2, 0.25) is 0 Å². The van der Waals surface area contributed by atoms with Crippen molar-refractivity contribution in [1.82, 2.24) is 10.2 Å². The molecule has 30 heavy (non-hydrogen) atoms. The second-order valence-corrected chi connectivity index (χ2v) is 10.1. The van der Waals surface area contributed by atoms with Gasteiger partial charge in [0.05, 0.1) is 11.2 Å². The fourth-order valence-corrected chi connectivity index (χ4v) is 3.44. The zero-order valence-corrected chi connectivity index (χ0v) is 19.1. The Labute approximate surface area is 179 Å². The quantitative estimate of drug-likeness (QED) is 0.767. The highest BCUT2D eigenvalue weighted by atomic mass is 16.7. The van der Waals surface area contributed by atoms with E-state index in [0.29, 0.717) is 25.1 Å². The van der Waals surface area contributed by atoms with E-state index in [1.165, 1.54) is 0 Å². The molecular formula is C22H33BN2O5. The number of rotatable bonds is 3. The van der Waals surface area contributed by atoms with Gasteiger partial charge in [-0.2, -0.15) is 0 Å². The van der Waals surface area contributed by atoms with E-state index in [1.54, 1.807) is 17.0 Å². The molecule has 2 heterocycles. The number of nitrogens with one attached hydrogen (secondary N) is 1. The van der Waals surface area contributed by atoms with Crippen LogP contribution in [0.4, 0.5) is 4.79 Å². The molecule has 7 nitrogen and oxygen atoms in total. The Hall–Kier alpha value is -2.06. The third kappa shape index (κ3) is 4.98. The van der Waals surface area contributed by atoms with Gasteiger partial charge in [0.2, 0.25) is 0 Å². The van der Waals surface area contributed by atoms with Crippen molar-refractivity contribution in [2.24, 2.45) is 0 Å². The molecule has 0 aromatic heterocycles. The lowest BCUT2D eigenvalue weighted by Gasteiger charge is -2.32. The summed E-state index contributed by atoms with van der Waals surface area (Å²) in [6, 6.07) is 7.20. The SMILES string of the molecule is CC(C)(C)OC(=O)N1CCC(NC(=O)c2cccc(B3OC(C)(C)C(C)(C)O3)c2)C1. The van der Waals surface area contributed by atoms with E-state index in [0.717, 1.165) is 5.46 Å². The lowest BCUT2D eigenvalue weighted by atomic mass is 9.78. The van der Waals surface area contributed by atoms with Gasteiger partial charge < -0.3 is 24.3 Å². The zero-order valence-electron chi connectivity index (χ0n) is 19.1. The molecule has 164 valence electrons. The van der Waals surface area contributed by atoms with Crippen molar-refractivity contribution >= 4 is 24.6 Å². The topological polar surface area (TPSA) is 77.1 Å². The Morgan fingerprint density at radius 1 is 1.17 bits per heavy atom. The van der Waals surface area contributed by atoms with Crippen LogP contribution in [0, 0.1) is 0 Å². The van der Waals surface area contributed by atoms with E-state index >= 15 is 0 Å². The number of benzene rings is 1. The van der Waals surface area contributed by atoms with Gasteiger partial charge in [0.15, 0.2) is 0 Å². The van der Waals surface area contributed by atoms with Crippen LogP contribution in [0.1, 0.15) is 65.2 Å². The Balaban J connectivity index is 1.61. The molecule has 0 aliphatic carbocycles. The maximum Gasteiger partial charge on any atom is 0.494 e. The minimum Gasteiger partial charge on any atom is -0.444 e. The second-order valence-electron chi connectivity index (χ2n) is 10.1. The zero-order chi connectivity index (χ0) is 22.3. The van der Waals surface area contributed by atoms with Gasteiger partial charge in [-0.3, -0.25) is 4.79 Å². The minimum atomic E-state index is -0.535. The number of carbonyl (C=O) groups is 2. The number of hydrogen-bond acceptors (Lipinski definition) is 5. The molecule has 1 aromatic rings. The summed E-state index contributed by atoms with van der Waals surface area (Å²) < 4.78 is 17.6. The van der Waals surface area contributed by atoms with Crippen molar-refractivity contribution in [3.8, 4) is 0 Å². The summed E-state index contributed by atoms with van der Waals surface area (Å²) in [5.41, 5.74) is -0.0663. The Morgan fingerprint density at radius 3 is 2.40 bits per heavy atom. The highest BCUT2D eigenvalue weighted by molar-refractivity contribution is 6.62. The largest absolute Gasteiger partial charge is 0.494 e. The summed E-state index contributed by atoms with van der Waals surface area (Å²) in [5, 5.41) is 3.02. The fourth-order valence-electron chi connectivity index (χ4n) is 3.44. The Morgan fingerprint density at radius 2 is 1.80 bits per heavy atom. The summed E-state index contributed by atoms with van der Waals surface area (Å²) in [5.74, 6) is -0.176. The van der Waals surface area contributed by atoms with Crippen LogP contribution in [0.25, 0.3) is 0 Å². The molecule has 1 unspecified atom stereocenters. The highest BCUT2D eigenvalue weighted by Crippen LogP contribution is 2.36. The predicted octanol–water partition coefficient (Wildman–Crippen LogP) is 2.73. The summed E-state index contributed by atoms with van der Waals surface area (Å²) in [6.45, 7) is 14.5. The van der Waals surface area contributed by atoms with Crippen LogP contribution in [0.5, 0.6) is 0 Å². The summed E-state index contributed by atoms with van der Waals surface area (Å²) in [4.78, 5) is 26.7. The van der Waals surface area contributed by atoms with E-state index < -0.39 is 23.9 Å². The number of nitrogens with zero attached hydrogens (tertiary/aromatic N) is 1. The van der Waals surface area contributed by atoms with Gasteiger partial charge in [0.25, 0.3) is 5.91 Å². The number of hydrogen-bond donors (Lipinski definition) is 1. The molecule has 2 aliphatic rings. The molecule has 0 bridgehead atoms. The first-order chi connectivity index (χ1) is 13.8. The molecule has 1 aromatic carbocycles. The molecule has 1 N–H and O–H groups in total. The van der Waals surface area contributed by atoms with Crippen molar-refractivity contribution in [3.63, 3.8) is 0 Å². The summed E-state index contributed by atoms with van der Waals surface area (Å²) in [6.07, 6.45) is 0.351. The van der Waals surface area contributed by atoms with Crippen LogP contribution >= 0.6 is 0 Å². The van der Waals surface area contributed by atoms with Crippen LogP contribution in [-0.2, 0) is 14.0 Å². The summed E-state index contributed by atoms with van der Waals surface area (Å²) >= 11 is 0. The monoisotopic (exact) mass is 416 g/mol. The van der Waals surface area contributed by atoms with E-state index in [1.807, 2.05) is 60.6 Å². The first-order valence-electron chi connectivity index (χ1n) is 10.5. The van der Waals surface area contributed by atoms with Gasteiger partial charge in [-0.25, -0.2) is 4.79 Å². The van der Waals surface area contributed by atoms with Gasteiger partial charge in [-0.05, 0) is 72.5 Å². The van der Waals surface area contributed by atoms with Crippen molar-refractivity contribution in [3.05, 3.63) is 29.8 Å². The van der Waals surface area contributed by atoms with E-state index in [-0.39, 0.29) is 18.0 Å². The molecule has 2 amide bonds. The standard InChI is InChI=1S/C22H33BN2O5/c1-20(2,3)28-19(27)25-12-11-17(14-25)24-18(26)15-9-8-10-16(13-15)23-29-21(4,5)22(6,7)30-23/h8-10,13,17H,11-12,14H2,1-7H3,(H,24,26). The van der Waals surface area contributed by atoms with Crippen molar-refractivity contribution in [2.45, 2.75) is 77.7 Å². The molecule has 2 aliphatic heterocycles. The van der Waals surface area contributed by atoms with Gasteiger partial charge >= 0.3 is 13.2 Å². The van der Waals surface area contributed by atoms with E-state index in [2.05, 4.69) is 5.32 Å². The third-order valence-electron chi connectivity index (χ3n) is 5.85. The van der Waals surface area contributed by atoms with Crippen LogP contribution < -0.4 is 10.8 Å². The molecule has 1 atom stereocenters. The first kappa shape index (κ1) is 22.6. The number of likely N-dealkylation sites (tertiary alicyclic amines) is 1. The molecule has 0 saturated carbocycles. The third-order valence-corrected chi connectivity index (χ3v) is 5.85. The van der Waals surface area contributed by atoms with Gasteiger partial charge in [-0.1, -0.05) is 12.1 Å². The van der Waals surface area contributed by atoms with Crippen LogP contribution in [0.15, 0.2) is 24.3 Å². The molecule has 8 heteroatoms. The highest BCUT2D eigenvalue weighted by Gasteiger charge is 2.51. The molecule has 0 spiro atoms. The molecule has 2 saturated heterocycles. The molecule has 3 rings (SSSR count). The van der Waals surface area contributed by atoms with Crippen molar-refractivity contribution in [2.75, 3.05) is 13.1 Å². The van der Waals surface area contributed by atoms with E-state index in [9.17, 15) is 9.59 Å². The maximum absolute atomic E-state index is 12.8. The second kappa shape index (κ2) is 7.89. The average molecular weight is 416 g/mol. The predicted molar refractivity (Wildman–Crippen MR) is 116 cm³/mol. The average Bonchev–Trinajstić information content (AvgIpc) is 3.16. The Bertz CT molecular complexity index is 802. The number of ether oxygens (including phenoxy) is 1. The number of amides is 2. The van der Waals surface area contributed by atoms with Gasteiger partial charge in [-0.15, -0.1) is 0 Å². The Kier molecular flexibility index (Phi) is 5.95. The normalized spacial score (nSPS) is 22.8. The van der Waals surface area contributed by atoms with Crippen molar-refractivity contribution < 1.29 is 23.6 Å². The number of carbonyl (C=O) groups excluding carboxylic acids is 2. The fraction of sp³-hybridized carbons (Fsp3) is 0.636. The van der Waals surface area contributed by atoms with Crippen molar-refractivity contribution in [1.29, 1.82) is 0 Å². The lowest BCUT2D eigenvalue weighted by molar-refractivity contribution is 0.00578.